The molecule has 2 fully saturated rings. The van der Waals surface area contributed by atoms with E-state index in [1.165, 1.54) is 0 Å². The first-order valence-electron chi connectivity index (χ1n) is 8.51. The van der Waals surface area contributed by atoms with Gasteiger partial charge in [0.1, 0.15) is 41.9 Å². The fourth-order valence-electron chi connectivity index (χ4n) is 2.91. The molecule has 10 nitrogen and oxygen atoms in total. The van der Waals surface area contributed by atoms with Crippen molar-refractivity contribution in [3.63, 3.8) is 0 Å². The maximum absolute atomic E-state index is 10.1. The van der Waals surface area contributed by atoms with Gasteiger partial charge in [0.15, 0.2) is 6.29 Å². The molecule has 6 N–H and O–H groups in total. The summed E-state index contributed by atoms with van der Waals surface area (Å²) >= 11 is 0. The zero-order valence-electron chi connectivity index (χ0n) is 14.4. The van der Waals surface area contributed by atoms with Crippen molar-refractivity contribution in [3.05, 3.63) is 30.3 Å². The average Bonchev–Trinajstić information content (AvgIpc) is 2.97. The van der Waals surface area contributed by atoms with Gasteiger partial charge in [-0.2, -0.15) is 0 Å². The van der Waals surface area contributed by atoms with Crippen molar-refractivity contribution in [1.29, 1.82) is 0 Å². The van der Waals surface area contributed by atoms with E-state index in [0.717, 1.165) is 0 Å². The minimum absolute atomic E-state index is 0.329. The van der Waals surface area contributed by atoms with Crippen LogP contribution in [-0.4, -0.2) is 99.2 Å². The number of para-hydroxylation sites is 1. The fourth-order valence-corrected chi connectivity index (χ4v) is 2.91. The maximum atomic E-state index is 10.1. The molecule has 10 heteroatoms. The molecule has 0 radical (unpaired) electrons. The average molecular weight is 388 g/mol. The number of hydrogen-bond acceptors (Lipinski definition) is 10. The van der Waals surface area contributed by atoms with E-state index in [2.05, 4.69) is 0 Å². The highest BCUT2D eigenvalue weighted by atomic mass is 16.7. The zero-order chi connectivity index (χ0) is 19.6. The van der Waals surface area contributed by atoms with Crippen LogP contribution in [-0.2, 0) is 14.2 Å². The molecule has 0 amide bonds. The third kappa shape index (κ3) is 4.24. The maximum Gasteiger partial charge on any atom is 0.229 e. The second kappa shape index (κ2) is 8.35. The second-order valence-corrected chi connectivity index (χ2v) is 6.66. The molecule has 3 rings (SSSR count). The van der Waals surface area contributed by atoms with E-state index in [1.807, 2.05) is 0 Å². The molecule has 27 heavy (non-hydrogen) atoms. The lowest BCUT2D eigenvalue weighted by Gasteiger charge is -2.40. The smallest absolute Gasteiger partial charge is 0.229 e. The first kappa shape index (κ1) is 20.4. The number of hydrogen-bond donors (Lipinski definition) is 6. The Labute approximate surface area is 155 Å². The zero-order valence-corrected chi connectivity index (χ0v) is 14.4. The molecule has 0 aliphatic carbocycles. The van der Waals surface area contributed by atoms with Crippen molar-refractivity contribution in [2.45, 2.75) is 48.7 Å². The SMILES string of the molecule is OC[C@@]1(O)CO[C@H](OC[C@H]2O[C@H](Oc3ccccc3)[C@H](O)[C@@H](O)[C@@H]2O)[C@@H]1O. The molecule has 0 spiro atoms. The van der Waals surface area contributed by atoms with Crippen LogP contribution in [0.2, 0.25) is 0 Å². The Hall–Kier alpha value is -1.34. The Kier molecular flexibility index (Phi) is 6.31. The molecular formula is C17H24O10. The van der Waals surface area contributed by atoms with Gasteiger partial charge in [-0.05, 0) is 12.1 Å². The number of aliphatic hydroxyl groups excluding tert-OH is 5. The van der Waals surface area contributed by atoms with Gasteiger partial charge in [-0.3, -0.25) is 0 Å². The minimum atomic E-state index is -1.84. The van der Waals surface area contributed by atoms with Crippen LogP contribution in [0.5, 0.6) is 5.75 Å². The largest absolute Gasteiger partial charge is 0.462 e. The van der Waals surface area contributed by atoms with Gasteiger partial charge < -0.3 is 49.6 Å². The summed E-state index contributed by atoms with van der Waals surface area (Å²) in [6.07, 6.45) is -9.65. The summed E-state index contributed by atoms with van der Waals surface area (Å²) in [6, 6.07) is 8.49. The molecule has 0 aromatic heterocycles. The van der Waals surface area contributed by atoms with Gasteiger partial charge in [-0.25, -0.2) is 0 Å². The van der Waals surface area contributed by atoms with E-state index in [4.69, 9.17) is 24.1 Å². The molecule has 2 aliphatic heterocycles. The van der Waals surface area contributed by atoms with Crippen molar-refractivity contribution < 1.29 is 49.6 Å². The Morgan fingerprint density at radius 2 is 1.70 bits per heavy atom. The van der Waals surface area contributed by atoms with Gasteiger partial charge in [0.2, 0.25) is 6.29 Å². The van der Waals surface area contributed by atoms with E-state index in [1.54, 1.807) is 30.3 Å². The van der Waals surface area contributed by atoms with E-state index in [-0.39, 0.29) is 13.2 Å². The van der Waals surface area contributed by atoms with Crippen LogP contribution in [0, 0.1) is 0 Å². The first-order chi connectivity index (χ1) is 12.9. The third-order valence-electron chi connectivity index (χ3n) is 4.67. The van der Waals surface area contributed by atoms with Crippen molar-refractivity contribution in [2.75, 3.05) is 19.8 Å². The highest BCUT2D eigenvalue weighted by molar-refractivity contribution is 5.21. The molecule has 2 heterocycles. The lowest BCUT2D eigenvalue weighted by atomic mass is 9.99. The van der Waals surface area contributed by atoms with E-state index in [9.17, 15) is 25.5 Å². The third-order valence-corrected chi connectivity index (χ3v) is 4.67. The van der Waals surface area contributed by atoms with Crippen molar-refractivity contribution in [1.82, 2.24) is 0 Å². The molecule has 152 valence electrons. The van der Waals surface area contributed by atoms with Crippen molar-refractivity contribution in [3.8, 4) is 5.75 Å². The first-order valence-corrected chi connectivity index (χ1v) is 8.51. The van der Waals surface area contributed by atoms with Gasteiger partial charge in [-0.1, -0.05) is 18.2 Å². The highest BCUT2D eigenvalue weighted by Crippen LogP contribution is 2.28. The lowest BCUT2D eigenvalue weighted by Crippen LogP contribution is -2.60. The van der Waals surface area contributed by atoms with Crippen LogP contribution in [0.25, 0.3) is 0 Å². The number of aliphatic hydroxyl groups is 6. The van der Waals surface area contributed by atoms with Crippen molar-refractivity contribution in [2.24, 2.45) is 0 Å². The molecule has 1 aromatic rings. The summed E-state index contributed by atoms with van der Waals surface area (Å²) in [5.74, 6) is 0.396. The summed E-state index contributed by atoms with van der Waals surface area (Å²) in [4.78, 5) is 0. The molecule has 8 atom stereocenters. The van der Waals surface area contributed by atoms with Crippen LogP contribution < -0.4 is 4.74 Å². The normalized spacial score (nSPS) is 42.2. The molecule has 1 aromatic carbocycles. The van der Waals surface area contributed by atoms with E-state index in [0.29, 0.717) is 5.75 Å². The van der Waals surface area contributed by atoms with Crippen LogP contribution in [0.1, 0.15) is 0 Å². The summed E-state index contributed by atoms with van der Waals surface area (Å²) in [7, 11) is 0. The molecule has 0 bridgehead atoms. The van der Waals surface area contributed by atoms with Crippen LogP contribution in [0.4, 0.5) is 0 Å². The molecule has 0 unspecified atom stereocenters. The Morgan fingerprint density at radius 1 is 1.00 bits per heavy atom. The lowest BCUT2D eigenvalue weighted by molar-refractivity contribution is -0.289. The van der Waals surface area contributed by atoms with Gasteiger partial charge >= 0.3 is 0 Å². The van der Waals surface area contributed by atoms with Gasteiger partial charge in [0, 0.05) is 0 Å². The van der Waals surface area contributed by atoms with E-state index < -0.39 is 55.3 Å². The Balaban J connectivity index is 1.61. The topological polar surface area (TPSA) is 158 Å². The monoisotopic (exact) mass is 388 g/mol. The quantitative estimate of drug-likeness (QED) is 0.303. The second-order valence-electron chi connectivity index (χ2n) is 6.66. The minimum Gasteiger partial charge on any atom is -0.462 e. The van der Waals surface area contributed by atoms with Gasteiger partial charge in [0.25, 0.3) is 0 Å². The highest BCUT2D eigenvalue weighted by Gasteiger charge is 2.50. The van der Waals surface area contributed by atoms with Gasteiger partial charge in [-0.15, -0.1) is 0 Å². The van der Waals surface area contributed by atoms with Crippen LogP contribution in [0.15, 0.2) is 30.3 Å². The summed E-state index contributed by atoms with van der Waals surface area (Å²) < 4.78 is 21.4. The predicted octanol–water partition coefficient (Wildman–Crippen LogP) is -2.67. The molecule has 2 aliphatic rings. The number of benzene rings is 1. The fraction of sp³-hybridized carbons (Fsp3) is 0.647. The van der Waals surface area contributed by atoms with E-state index >= 15 is 0 Å². The number of rotatable bonds is 6. The molecular weight excluding hydrogens is 364 g/mol. The summed E-state index contributed by atoms with van der Waals surface area (Å²) in [5.41, 5.74) is -1.84. The summed E-state index contributed by atoms with van der Waals surface area (Å²) in [6.45, 7) is -1.37. The molecule has 2 saturated heterocycles. The molecule has 0 saturated carbocycles. The van der Waals surface area contributed by atoms with Crippen molar-refractivity contribution >= 4 is 0 Å². The van der Waals surface area contributed by atoms with Crippen LogP contribution in [0.3, 0.4) is 0 Å². The Morgan fingerprint density at radius 3 is 2.33 bits per heavy atom. The predicted molar refractivity (Wildman–Crippen MR) is 87.5 cm³/mol. The summed E-state index contributed by atoms with van der Waals surface area (Å²) in [5, 5.41) is 59.3. The van der Waals surface area contributed by atoms with Gasteiger partial charge in [0.05, 0.1) is 19.8 Å². The standard InChI is InChI=1S/C17H24O10/c18-7-17(23)8-25-16(14(17)22)24-6-10-11(19)12(20)13(21)15(27-10)26-9-4-2-1-3-5-9/h1-5,10-16,18-23H,6-8H2/t10-,11-,12+,13-,14+,15+,16+,17-/m1/s1. The van der Waals surface area contributed by atoms with Crippen LogP contribution >= 0.6 is 0 Å². The Bertz CT molecular complexity index is 601. The number of ether oxygens (including phenoxy) is 4.